The summed E-state index contributed by atoms with van der Waals surface area (Å²) in [6, 6.07) is 57.2. The second-order valence-electron chi connectivity index (χ2n) is 12.8. The Hall–Kier alpha value is -6.85. The zero-order valence-electron chi connectivity index (χ0n) is 27.5. The van der Waals surface area contributed by atoms with E-state index in [1.165, 1.54) is 21.9 Å². The van der Waals surface area contributed by atoms with Crippen molar-refractivity contribution in [3.63, 3.8) is 0 Å². The molecule has 0 aliphatic carbocycles. The summed E-state index contributed by atoms with van der Waals surface area (Å²) < 4.78 is 6.16. The molecule has 5 nitrogen and oxygen atoms in total. The van der Waals surface area contributed by atoms with Gasteiger partial charge in [-0.1, -0.05) is 146 Å². The summed E-state index contributed by atoms with van der Waals surface area (Å²) in [6.45, 7) is 0. The Morgan fingerprint density at radius 1 is 0.471 bits per heavy atom. The number of furan rings is 1. The Morgan fingerprint density at radius 3 is 1.73 bits per heavy atom. The normalized spacial score (nSPS) is 14.5. The molecule has 1 aliphatic rings. The molecular weight excluding hydrogens is 625 g/mol. The fourth-order valence-corrected chi connectivity index (χ4v) is 7.50. The molecule has 9 aromatic rings. The first kappa shape index (κ1) is 29.1. The molecule has 0 radical (unpaired) electrons. The highest BCUT2D eigenvalue weighted by Crippen LogP contribution is 2.42. The van der Waals surface area contributed by atoms with Gasteiger partial charge in [-0.3, -0.25) is 0 Å². The van der Waals surface area contributed by atoms with E-state index in [4.69, 9.17) is 14.4 Å². The number of aromatic nitrogens is 1. The molecule has 0 amide bonds. The van der Waals surface area contributed by atoms with Gasteiger partial charge in [-0.05, 0) is 67.6 Å². The smallest absolute Gasteiger partial charge is 0.227 e. The number of aliphatic imine (C=N–C) groups is 2. The third-order valence-corrected chi connectivity index (χ3v) is 9.85. The van der Waals surface area contributed by atoms with Gasteiger partial charge in [0, 0.05) is 28.1 Å². The van der Waals surface area contributed by atoms with Crippen molar-refractivity contribution in [2.75, 3.05) is 0 Å². The van der Waals surface area contributed by atoms with E-state index >= 15 is 0 Å². The maximum absolute atomic E-state index is 6.16. The van der Waals surface area contributed by atoms with Gasteiger partial charge >= 0.3 is 0 Å². The van der Waals surface area contributed by atoms with Gasteiger partial charge in [0.1, 0.15) is 17.6 Å². The molecule has 240 valence electrons. The average Bonchev–Trinajstić information content (AvgIpc) is 3.60. The second-order valence-corrected chi connectivity index (χ2v) is 12.8. The number of amidine groups is 2. The van der Waals surface area contributed by atoms with Gasteiger partial charge in [-0.15, -0.1) is 0 Å². The molecule has 0 saturated heterocycles. The van der Waals surface area contributed by atoms with Crippen molar-refractivity contribution < 1.29 is 4.42 Å². The highest BCUT2D eigenvalue weighted by Gasteiger charge is 2.23. The van der Waals surface area contributed by atoms with E-state index in [1.54, 1.807) is 6.20 Å². The first-order valence-electron chi connectivity index (χ1n) is 17.1. The van der Waals surface area contributed by atoms with Crippen molar-refractivity contribution in [2.24, 2.45) is 9.98 Å². The molecule has 51 heavy (non-hydrogen) atoms. The van der Waals surface area contributed by atoms with Crippen molar-refractivity contribution in [1.82, 2.24) is 10.3 Å². The van der Waals surface area contributed by atoms with E-state index in [0.717, 1.165) is 60.8 Å². The molecule has 1 aliphatic heterocycles. The minimum absolute atomic E-state index is 0.267. The third kappa shape index (κ3) is 4.90. The topological polar surface area (TPSA) is 62.8 Å². The lowest BCUT2D eigenvalue weighted by molar-refractivity contribution is 0.654. The number of fused-ring (bicyclic) bond motifs is 5. The fourth-order valence-electron chi connectivity index (χ4n) is 7.50. The van der Waals surface area contributed by atoms with Crippen LogP contribution in [0.2, 0.25) is 0 Å². The van der Waals surface area contributed by atoms with Crippen LogP contribution in [0.3, 0.4) is 0 Å². The maximum atomic E-state index is 6.16. The number of pyridine rings is 1. The first-order valence-corrected chi connectivity index (χ1v) is 17.1. The van der Waals surface area contributed by atoms with E-state index < -0.39 is 0 Å². The van der Waals surface area contributed by atoms with E-state index in [0.29, 0.717) is 11.5 Å². The Morgan fingerprint density at radius 2 is 1.04 bits per heavy atom. The van der Waals surface area contributed by atoms with E-state index in [2.05, 4.69) is 138 Å². The van der Waals surface area contributed by atoms with Crippen LogP contribution in [0, 0.1) is 0 Å². The summed E-state index contributed by atoms with van der Waals surface area (Å²) in [5.74, 6) is 1.51. The zero-order chi connectivity index (χ0) is 33.7. The Labute approximate surface area is 294 Å². The standard InChI is InChI=1S/C46H30N4O/c1-3-13-29(14-4-1)43-48-44(30-15-5-2-6-16-30)50-45(49-43)39-27-26-36(33-19-9-10-20-34(33)39)35-24-25-37(32-18-8-7-17-31(32)35)38-21-11-23-41-42(38)40-22-12-28-47-46(40)51-41/h1-28,43H,(H,48,49,50). The quantitative estimate of drug-likeness (QED) is 0.201. The number of benzene rings is 7. The molecule has 1 atom stereocenters. The van der Waals surface area contributed by atoms with Crippen LogP contribution >= 0.6 is 0 Å². The molecule has 0 fully saturated rings. The van der Waals surface area contributed by atoms with Crippen LogP contribution in [0.25, 0.3) is 65.9 Å². The van der Waals surface area contributed by atoms with Crippen LogP contribution < -0.4 is 5.32 Å². The lowest BCUT2D eigenvalue weighted by Crippen LogP contribution is -2.33. The molecule has 2 aromatic heterocycles. The maximum Gasteiger partial charge on any atom is 0.227 e. The molecule has 3 heterocycles. The van der Waals surface area contributed by atoms with E-state index in [-0.39, 0.29) is 6.17 Å². The Balaban J connectivity index is 1.13. The summed E-state index contributed by atoms with van der Waals surface area (Å²) in [5, 5.41) is 10.4. The van der Waals surface area contributed by atoms with Crippen LogP contribution in [0.15, 0.2) is 184 Å². The van der Waals surface area contributed by atoms with Crippen molar-refractivity contribution in [1.29, 1.82) is 0 Å². The highest BCUT2D eigenvalue weighted by molar-refractivity contribution is 6.21. The lowest BCUT2D eigenvalue weighted by atomic mass is 9.88. The van der Waals surface area contributed by atoms with Gasteiger partial charge in [0.2, 0.25) is 5.71 Å². The zero-order valence-corrected chi connectivity index (χ0v) is 27.5. The second kappa shape index (κ2) is 11.9. The third-order valence-electron chi connectivity index (χ3n) is 9.85. The van der Waals surface area contributed by atoms with Crippen molar-refractivity contribution in [2.45, 2.75) is 6.17 Å². The van der Waals surface area contributed by atoms with Crippen molar-refractivity contribution in [3.05, 3.63) is 187 Å². The SMILES string of the molecule is c1ccc(C2=NC(c3ccccc3)NC(c3ccc(-c4ccc(-c5cccc6oc7ncccc7c56)c5ccccc45)c4ccccc34)=N2)cc1. The monoisotopic (exact) mass is 654 g/mol. The highest BCUT2D eigenvalue weighted by atomic mass is 16.3. The van der Waals surface area contributed by atoms with Gasteiger partial charge in [-0.25, -0.2) is 15.0 Å². The summed E-state index contributed by atoms with van der Waals surface area (Å²) in [5.41, 5.74) is 9.23. The summed E-state index contributed by atoms with van der Waals surface area (Å²) in [6.07, 6.45) is 1.51. The average molecular weight is 655 g/mol. The molecule has 1 unspecified atom stereocenters. The van der Waals surface area contributed by atoms with Crippen molar-refractivity contribution in [3.8, 4) is 22.3 Å². The van der Waals surface area contributed by atoms with Crippen LogP contribution in [0.1, 0.15) is 22.9 Å². The minimum atomic E-state index is -0.267. The molecule has 0 spiro atoms. The lowest BCUT2D eigenvalue weighted by Gasteiger charge is -2.24. The van der Waals surface area contributed by atoms with Gasteiger partial charge in [0.15, 0.2) is 5.84 Å². The molecule has 5 heteroatoms. The first-order chi connectivity index (χ1) is 25.3. The van der Waals surface area contributed by atoms with Crippen molar-refractivity contribution >= 4 is 55.3 Å². The van der Waals surface area contributed by atoms with Crippen LogP contribution in [-0.2, 0) is 0 Å². The minimum Gasteiger partial charge on any atom is -0.438 e. The Bertz CT molecular complexity index is 2840. The van der Waals surface area contributed by atoms with Crippen LogP contribution in [0.4, 0.5) is 0 Å². The van der Waals surface area contributed by atoms with Crippen LogP contribution in [-0.4, -0.2) is 16.7 Å². The van der Waals surface area contributed by atoms with Gasteiger partial charge < -0.3 is 9.73 Å². The number of hydrogen-bond donors (Lipinski definition) is 1. The molecule has 7 aromatic carbocycles. The predicted molar refractivity (Wildman–Crippen MR) is 209 cm³/mol. The fraction of sp³-hybridized carbons (Fsp3) is 0.0217. The molecule has 10 rings (SSSR count). The molecule has 0 bridgehead atoms. The van der Waals surface area contributed by atoms with Gasteiger partial charge in [-0.2, -0.15) is 0 Å². The largest absolute Gasteiger partial charge is 0.438 e. The molecule has 0 saturated carbocycles. The van der Waals surface area contributed by atoms with Gasteiger partial charge in [0.25, 0.3) is 0 Å². The van der Waals surface area contributed by atoms with E-state index in [1.807, 2.05) is 36.4 Å². The van der Waals surface area contributed by atoms with E-state index in [9.17, 15) is 0 Å². The number of nitrogens with zero attached hydrogens (tertiary/aromatic N) is 3. The molecular formula is C46H30N4O. The summed E-state index contributed by atoms with van der Waals surface area (Å²) in [7, 11) is 0. The molecule has 1 N–H and O–H groups in total. The number of rotatable bonds is 5. The predicted octanol–water partition coefficient (Wildman–Crippen LogP) is 11.1. The summed E-state index contributed by atoms with van der Waals surface area (Å²) in [4.78, 5) is 14.7. The number of nitrogens with one attached hydrogen (secondary N) is 1. The summed E-state index contributed by atoms with van der Waals surface area (Å²) >= 11 is 0. The Kier molecular flexibility index (Phi) is 6.81. The number of hydrogen-bond acceptors (Lipinski definition) is 5. The van der Waals surface area contributed by atoms with Gasteiger partial charge in [0.05, 0.1) is 0 Å². The van der Waals surface area contributed by atoms with Crippen LogP contribution in [0.5, 0.6) is 0 Å².